The molecule has 0 bridgehead atoms. The smallest absolute Gasteiger partial charge is 0.259 e. The van der Waals surface area contributed by atoms with Gasteiger partial charge in [-0.15, -0.1) is 0 Å². The van der Waals surface area contributed by atoms with Crippen molar-refractivity contribution in [1.82, 2.24) is 20.4 Å². The fourth-order valence-corrected chi connectivity index (χ4v) is 4.46. The summed E-state index contributed by atoms with van der Waals surface area (Å²) in [4.78, 5) is 20.0. The van der Waals surface area contributed by atoms with Crippen LogP contribution in [0.5, 0.6) is 0 Å². The van der Waals surface area contributed by atoms with Crippen molar-refractivity contribution in [2.75, 3.05) is 26.2 Å². The van der Waals surface area contributed by atoms with E-state index in [4.69, 9.17) is 4.52 Å². The summed E-state index contributed by atoms with van der Waals surface area (Å²) >= 11 is 0. The van der Waals surface area contributed by atoms with Crippen LogP contribution in [-0.2, 0) is 0 Å². The summed E-state index contributed by atoms with van der Waals surface area (Å²) in [6.07, 6.45) is 4.49. The quantitative estimate of drug-likeness (QED) is 0.909. The van der Waals surface area contributed by atoms with Crippen molar-refractivity contribution in [2.24, 2.45) is 11.8 Å². The van der Waals surface area contributed by atoms with Crippen LogP contribution in [0.2, 0.25) is 0 Å². The van der Waals surface area contributed by atoms with Gasteiger partial charge in [0.1, 0.15) is 0 Å². The SMILES string of the molecule is Cc1noc2nc(C3CC3)cc(C(=O)N3CC[C@@H]4CNC[C@@H]4CC3)c12. The molecule has 2 aromatic rings. The van der Waals surface area contributed by atoms with E-state index in [0.717, 1.165) is 86.0 Å². The fraction of sp³-hybridized carbons (Fsp3) is 0.632. The topological polar surface area (TPSA) is 71.3 Å². The van der Waals surface area contributed by atoms with Crippen molar-refractivity contribution in [3.8, 4) is 0 Å². The zero-order chi connectivity index (χ0) is 17.0. The summed E-state index contributed by atoms with van der Waals surface area (Å²) in [7, 11) is 0. The van der Waals surface area contributed by atoms with E-state index in [1.165, 1.54) is 0 Å². The highest BCUT2D eigenvalue weighted by Crippen LogP contribution is 2.40. The predicted octanol–water partition coefficient (Wildman–Crippen LogP) is 2.48. The lowest BCUT2D eigenvalue weighted by molar-refractivity contribution is 0.0760. The van der Waals surface area contributed by atoms with E-state index in [0.29, 0.717) is 11.6 Å². The molecule has 2 aromatic heterocycles. The molecule has 0 spiro atoms. The molecular weight excluding hydrogens is 316 g/mol. The maximum Gasteiger partial charge on any atom is 0.259 e. The Morgan fingerprint density at radius 1 is 1.20 bits per heavy atom. The number of hydrogen-bond acceptors (Lipinski definition) is 5. The van der Waals surface area contributed by atoms with Crippen LogP contribution >= 0.6 is 0 Å². The van der Waals surface area contributed by atoms with Gasteiger partial charge in [0.15, 0.2) is 0 Å². The third-order valence-corrected chi connectivity index (χ3v) is 6.17. The number of aromatic nitrogens is 2. The van der Waals surface area contributed by atoms with Crippen LogP contribution in [-0.4, -0.2) is 47.1 Å². The van der Waals surface area contributed by atoms with E-state index < -0.39 is 0 Å². The van der Waals surface area contributed by atoms with Gasteiger partial charge in [-0.25, -0.2) is 4.98 Å². The van der Waals surface area contributed by atoms with Crippen molar-refractivity contribution in [3.63, 3.8) is 0 Å². The van der Waals surface area contributed by atoms with Crippen LogP contribution in [0.3, 0.4) is 0 Å². The number of hydrogen-bond donors (Lipinski definition) is 1. The Morgan fingerprint density at radius 3 is 2.60 bits per heavy atom. The van der Waals surface area contributed by atoms with Gasteiger partial charge in [-0.2, -0.15) is 0 Å². The van der Waals surface area contributed by atoms with E-state index in [2.05, 4.69) is 15.5 Å². The molecule has 0 radical (unpaired) electrons. The number of rotatable bonds is 2. The zero-order valence-corrected chi connectivity index (χ0v) is 14.6. The van der Waals surface area contributed by atoms with E-state index in [-0.39, 0.29) is 5.91 Å². The highest BCUT2D eigenvalue weighted by molar-refractivity contribution is 6.06. The molecule has 2 saturated heterocycles. The lowest BCUT2D eigenvalue weighted by Gasteiger charge is -2.21. The standard InChI is InChI=1S/C19H24N4O2/c1-11-17-15(8-16(12-2-3-12)21-18(17)25-22-11)19(24)23-6-4-13-9-20-10-14(13)5-7-23/h8,12-14,20H,2-7,9-10H2,1H3/t13-,14+. The highest BCUT2D eigenvalue weighted by Gasteiger charge is 2.33. The van der Waals surface area contributed by atoms with Gasteiger partial charge < -0.3 is 14.7 Å². The first kappa shape index (κ1) is 15.3. The second-order valence-corrected chi connectivity index (χ2v) is 7.87. The number of carbonyl (C=O) groups excluding carboxylic acids is 1. The maximum atomic E-state index is 13.3. The number of likely N-dealkylation sites (tertiary alicyclic amines) is 1. The average Bonchev–Trinajstić information content (AvgIpc) is 3.33. The first-order valence-corrected chi connectivity index (χ1v) is 9.47. The first-order chi connectivity index (χ1) is 12.2. The van der Waals surface area contributed by atoms with Gasteiger partial charge in [0.05, 0.1) is 16.6 Å². The minimum absolute atomic E-state index is 0.119. The normalized spacial score (nSPS) is 26.7. The van der Waals surface area contributed by atoms with Crippen molar-refractivity contribution >= 4 is 17.0 Å². The van der Waals surface area contributed by atoms with Crippen molar-refractivity contribution < 1.29 is 9.32 Å². The summed E-state index contributed by atoms with van der Waals surface area (Å²) in [6, 6.07) is 2.00. The van der Waals surface area contributed by atoms with Crippen LogP contribution in [0.1, 0.15) is 53.3 Å². The molecule has 2 aliphatic heterocycles. The van der Waals surface area contributed by atoms with Gasteiger partial charge in [0.2, 0.25) is 0 Å². The lowest BCUT2D eigenvalue weighted by atomic mass is 9.92. The molecule has 4 heterocycles. The number of nitrogens with one attached hydrogen (secondary N) is 1. The molecule has 1 aliphatic carbocycles. The van der Waals surface area contributed by atoms with Gasteiger partial charge in [0, 0.05) is 24.7 Å². The van der Waals surface area contributed by atoms with E-state index >= 15 is 0 Å². The molecule has 0 aromatic carbocycles. The molecule has 132 valence electrons. The van der Waals surface area contributed by atoms with Gasteiger partial charge in [-0.05, 0) is 63.6 Å². The second-order valence-electron chi connectivity index (χ2n) is 7.87. The Kier molecular flexibility index (Phi) is 3.55. The number of pyridine rings is 1. The Bertz CT molecular complexity index is 812. The molecule has 25 heavy (non-hydrogen) atoms. The van der Waals surface area contributed by atoms with Crippen LogP contribution in [0.25, 0.3) is 11.1 Å². The molecule has 0 unspecified atom stereocenters. The molecule has 1 amide bonds. The minimum Gasteiger partial charge on any atom is -0.339 e. The minimum atomic E-state index is 0.119. The third-order valence-electron chi connectivity index (χ3n) is 6.17. The monoisotopic (exact) mass is 340 g/mol. The Morgan fingerprint density at radius 2 is 1.92 bits per heavy atom. The van der Waals surface area contributed by atoms with E-state index in [1.807, 2.05) is 17.9 Å². The van der Waals surface area contributed by atoms with E-state index in [1.54, 1.807) is 0 Å². The number of fused-ring (bicyclic) bond motifs is 2. The van der Waals surface area contributed by atoms with Crippen molar-refractivity contribution in [2.45, 2.75) is 38.5 Å². The van der Waals surface area contributed by atoms with Gasteiger partial charge >= 0.3 is 0 Å². The number of amides is 1. The van der Waals surface area contributed by atoms with E-state index in [9.17, 15) is 4.79 Å². The summed E-state index contributed by atoms with van der Waals surface area (Å²) in [5.41, 5.74) is 2.99. The van der Waals surface area contributed by atoms with Gasteiger partial charge in [-0.1, -0.05) is 5.16 Å². The van der Waals surface area contributed by atoms with Crippen LogP contribution in [0, 0.1) is 18.8 Å². The molecule has 6 nitrogen and oxygen atoms in total. The fourth-order valence-electron chi connectivity index (χ4n) is 4.46. The summed E-state index contributed by atoms with van der Waals surface area (Å²) in [5.74, 6) is 2.04. The Balaban J connectivity index is 1.49. The zero-order valence-electron chi connectivity index (χ0n) is 14.6. The molecule has 1 saturated carbocycles. The molecule has 3 fully saturated rings. The van der Waals surface area contributed by atoms with Crippen molar-refractivity contribution in [3.05, 3.63) is 23.0 Å². The van der Waals surface area contributed by atoms with Crippen molar-refractivity contribution in [1.29, 1.82) is 0 Å². The number of aryl methyl sites for hydroxylation is 1. The molecule has 3 aliphatic rings. The van der Waals surface area contributed by atoms with Gasteiger partial charge in [-0.3, -0.25) is 4.79 Å². The third kappa shape index (κ3) is 2.63. The first-order valence-electron chi connectivity index (χ1n) is 9.47. The molecule has 6 heteroatoms. The number of carbonyl (C=O) groups is 1. The summed E-state index contributed by atoms with van der Waals surface area (Å²) in [5, 5.41) is 8.34. The maximum absolute atomic E-state index is 13.3. The van der Waals surface area contributed by atoms with Crippen LogP contribution in [0.4, 0.5) is 0 Å². The van der Waals surface area contributed by atoms with Crippen LogP contribution in [0.15, 0.2) is 10.6 Å². The second kappa shape index (κ2) is 5.80. The summed E-state index contributed by atoms with van der Waals surface area (Å²) in [6.45, 7) is 5.77. The highest BCUT2D eigenvalue weighted by atomic mass is 16.5. The molecular formula is C19H24N4O2. The molecule has 1 N–H and O–H groups in total. The largest absolute Gasteiger partial charge is 0.339 e. The lowest BCUT2D eigenvalue weighted by Crippen LogP contribution is -2.33. The van der Waals surface area contributed by atoms with Gasteiger partial charge in [0.25, 0.3) is 11.6 Å². The Hall–Kier alpha value is -1.95. The summed E-state index contributed by atoms with van der Waals surface area (Å²) < 4.78 is 5.39. The molecule has 5 rings (SSSR count). The molecule has 2 atom stereocenters. The number of nitrogens with zero attached hydrogens (tertiary/aromatic N) is 3. The average molecular weight is 340 g/mol. The predicted molar refractivity (Wildman–Crippen MR) is 93.5 cm³/mol. The Labute approximate surface area is 146 Å². The van der Waals surface area contributed by atoms with Crippen LogP contribution < -0.4 is 5.32 Å².